The van der Waals surface area contributed by atoms with Crippen molar-refractivity contribution in [1.29, 1.82) is 0 Å². The summed E-state index contributed by atoms with van der Waals surface area (Å²) < 4.78 is 28.3. The molecule has 2 nitrogen and oxygen atoms in total. The second-order valence-corrected chi connectivity index (χ2v) is 13.8. The smallest absolute Gasteiger partial charge is 0.168 e. The van der Waals surface area contributed by atoms with Gasteiger partial charge in [0.25, 0.3) is 0 Å². The van der Waals surface area contributed by atoms with Gasteiger partial charge in [0.1, 0.15) is 6.17 Å². The molecule has 34 heavy (non-hydrogen) atoms. The van der Waals surface area contributed by atoms with Crippen LogP contribution in [0.3, 0.4) is 0 Å². The Kier molecular flexibility index (Phi) is 6.80. The Morgan fingerprint density at radius 1 is 0.912 bits per heavy atom. The summed E-state index contributed by atoms with van der Waals surface area (Å²) in [7, 11) is 0. The van der Waals surface area contributed by atoms with Crippen LogP contribution in [-0.4, -0.2) is 25.2 Å². The Labute approximate surface area is 208 Å². The highest BCUT2D eigenvalue weighted by Gasteiger charge is 2.64. The average Bonchev–Trinajstić information content (AvgIpc) is 3.39. The molecule has 4 aliphatic carbocycles. The van der Waals surface area contributed by atoms with Crippen LogP contribution in [0.2, 0.25) is 0 Å². The molecule has 1 unspecified atom stereocenters. The zero-order valence-corrected chi connectivity index (χ0v) is 22.8. The number of hydrogen-bond acceptors (Lipinski definition) is 2. The lowest BCUT2D eigenvalue weighted by molar-refractivity contribution is -0.237. The summed E-state index contributed by atoms with van der Waals surface area (Å²) in [5.74, 6) is 4.04. The first-order valence-corrected chi connectivity index (χ1v) is 14.7. The van der Waals surface area contributed by atoms with Gasteiger partial charge >= 0.3 is 0 Å². The van der Waals surface area contributed by atoms with E-state index in [9.17, 15) is 0 Å². The summed E-state index contributed by atoms with van der Waals surface area (Å²) >= 11 is 0. The first-order valence-electron chi connectivity index (χ1n) is 14.7. The van der Waals surface area contributed by atoms with Crippen molar-refractivity contribution >= 4 is 0 Å². The fourth-order valence-corrected chi connectivity index (χ4v) is 10.1. The van der Waals surface area contributed by atoms with Crippen LogP contribution in [0, 0.1) is 58.2 Å². The van der Waals surface area contributed by atoms with Crippen LogP contribution in [0.5, 0.6) is 0 Å². The Hall–Kier alpha value is -0.410. The number of halogens is 1. The maximum atomic E-state index is 16.2. The Morgan fingerprint density at radius 3 is 2.29 bits per heavy atom. The van der Waals surface area contributed by atoms with E-state index in [1.807, 2.05) is 0 Å². The molecule has 5 rings (SSSR count). The predicted molar refractivity (Wildman–Crippen MR) is 137 cm³/mol. The molecule has 194 valence electrons. The number of ether oxygens (including phenoxy) is 2. The lowest BCUT2D eigenvalue weighted by atomic mass is 9.43. The summed E-state index contributed by atoms with van der Waals surface area (Å²) in [6.07, 6.45) is 14.4. The highest BCUT2D eigenvalue weighted by Crippen LogP contribution is 2.69. The Bertz CT molecular complexity index is 757. The number of fused-ring (bicyclic) bond motifs is 5. The molecule has 0 amide bonds. The summed E-state index contributed by atoms with van der Waals surface area (Å²) in [6.45, 7) is 15.9. The molecule has 4 saturated carbocycles. The van der Waals surface area contributed by atoms with Gasteiger partial charge in [-0.05, 0) is 103 Å². The predicted octanol–water partition coefficient (Wildman–Crippen LogP) is 8.21. The standard InChI is InChI=1S/C31H51FO2/c1-7-22(20(2)3)9-8-21(4)24-10-11-25-28-26(12-13-30(24,25)6)29(5)14-15-31(33-16-17-34-31)19-23(29)18-27(28)32/h8-9,20-28H,7,10-19H2,1-6H3/b9-8+/t21-,22?,23+,24-,25+,26+,27-,28+,29+,30-/m1/s1. The van der Waals surface area contributed by atoms with E-state index in [0.717, 1.165) is 25.7 Å². The lowest BCUT2D eigenvalue weighted by Gasteiger charge is -2.62. The molecule has 0 aromatic heterocycles. The minimum Gasteiger partial charge on any atom is -0.348 e. The highest BCUT2D eigenvalue weighted by molar-refractivity contribution is 5.14. The fourth-order valence-electron chi connectivity index (χ4n) is 10.1. The molecule has 3 heteroatoms. The second kappa shape index (κ2) is 9.16. The molecule has 5 fully saturated rings. The minimum atomic E-state index is -0.653. The summed E-state index contributed by atoms with van der Waals surface area (Å²) in [4.78, 5) is 0. The zero-order chi connectivity index (χ0) is 24.3. The van der Waals surface area contributed by atoms with Gasteiger partial charge in [-0.3, -0.25) is 0 Å². The molecule has 10 atom stereocenters. The van der Waals surface area contributed by atoms with Crippen molar-refractivity contribution in [2.75, 3.05) is 13.2 Å². The van der Waals surface area contributed by atoms with E-state index in [1.165, 1.54) is 32.1 Å². The normalized spacial score (nSPS) is 47.5. The lowest BCUT2D eigenvalue weighted by Crippen LogP contribution is -2.59. The monoisotopic (exact) mass is 474 g/mol. The quantitative estimate of drug-likeness (QED) is 0.374. The SMILES string of the molecule is CCC(/C=C/[C@@H](C)[C@H]1CC[C@H]2[C@@H]3[C@H](F)C[C@H]4CC5(CC[C@]4(C)[C@H]3CC[C@]12C)OCCO5)C(C)C. The molecule has 1 heterocycles. The number of allylic oxidation sites excluding steroid dienone is 2. The van der Waals surface area contributed by atoms with E-state index in [4.69, 9.17) is 9.47 Å². The van der Waals surface area contributed by atoms with Gasteiger partial charge in [0.05, 0.1) is 13.2 Å². The molecule has 0 bridgehead atoms. The van der Waals surface area contributed by atoms with Gasteiger partial charge in [-0.25, -0.2) is 4.39 Å². The van der Waals surface area contributed by atoms with E-state index in [2.05, 4.69) is 53.7 Å². The first kappa shape index (κ1) is 25.2. The Morgan fingerprint density at radius 2 is 1.62 bits per heavy atom. The van der Waals surface area contributed by atoms with E-state index in [1.54, 1.807) is 0 Å². The van der Waals surface area contributed by atoms with Crippen LogP contribution >= 0.6 is 0 Å². The fraction of sp³-hybridized carbons (Fsp3) is 0.935. The minimum absolute atomic E-state index is 0.254. The van der Waals surface area contributed by atoms with Crippen LogP contribution in [0.15, 0.2) is 12.2 Å². The van der Waals surface area contributed by atoms with Crippen molar-refractivity contribution in [2.45, 2.75) is 111 Å². The maximum Gasteiger partial charge on any atom is 0.168 e. The average molecular weight is 475 g/mol. The van der Waals surface area contributed by atoms with Crippen molar-refractivity contribution in [3.8, 4) is 0 Å². The van der Waals surface area contributed by atoms with Gasteiger partial charge < -0.3 is 9.47 Å². The summed E-state index contributed by atoms with van der Waals surface area (Å²) in [6, 6.07) is 0. The van der Waals surface area contributed by atoms with E-state index >= 15 is 4.39 Å². The van der Waals surface area contributed by atoms with Gasteiger partial charge in [-0.1, -0.05) is 53.7 Å². The van der Waals surface area contributed by atoms with E-state index in [0.29, 0.717) is 60.1 Å². The summed E-state index contributed by atoms with van der Waals surface area (Å²) in [5, 5.41) is 0. The molecule has 0 aromatic rings. The van der Waals surface area contributed by atoms with Crippen molar-refractivity contribution in [3.05, 3.63) is 12.2 Å². The summed E-state index contributed by atoms with van der Waals surface area (Å²) in [5.41, 5.74) is 0.552. The van der Waals surface area contributed by atoms with E-state index < -0.39 is 12.0 Å². The molecular weight excluding hydrogens is 423 g/mol. The topological polar surface area (TPSA) is 18.5 Å². The zero-order valence-electron chi connectivity index (χ0n) is 22.8. The van der Waals surface area contributed by atoms with Crippen LogP contribution in [0.4, 0.5) is 4.39 Å². The first-order chi connectivity index (χ1) is 16.1. The molecule has 1 spiro atoms. The Balaban J connectivity index is 1.34. The van der Waals surface area contributed by atoms with Crippen LogP contribution in [-0.2, 0) is 9.47 Å². The van der Waals surface area contributed by atoms with Crippen molar-refractivity contribution in [1.82, 2.24) is 0 Å². The molecule has 0 aromatic carbocycles. The second-order valence-electron chi connectivity index (χ2n) is 13.8. The third-order valence-electron chi connectivity index (χ3n) is 12.2. The van der Waals surface area contributed by atoms with Crippen LogP contribution < -0.4 is 0 Å². The van der Waals surface area contributed by atoms with Gasteiger partial charge in [-0.2, -0.15) is 0 Å². The highest BCUT2D eigenvalue weighted by atomic mass is 19.1. The molecule has 1 aliphatic heterocycles. The molecular formula is C31H51FO2. The molecule has 0 radical (unpaired) electrons. The van der Waals surface area contributed by atoms with Crippen LogP contribution in [0.25, 0.3) is 0 Å². The van der Waals surface area contributed by atoms with Gasteiger partial charge in [0, 0.05) is 12.8 Å². The third kappa shape index (κ3) is 3.94. The number of rotatable bonds is 5. The van der Waals surface area contributed by atoms with Crippen molar-refractivity contribution < 1.29 is 13.9 Å². The van der Waals surface area contributed by atoms with Crippen molar-refractivity contribution in [2.24, 2.45) is 58.2 Å². The third-order valence-corrected chi connectivity index (χ3v) is 12.2. The number of alkyl halides is 1. The van der Waals surface area contributed by atoms with Gasteiger partial charge in [-0.15, -0.1) is 0 Å². The van der Waals surface area contributed by atoms with E-state index in [-0.39, 0.29) is 11.3 Å². The molecule has 0 N–H and O–H groups in total. The molecule has 5 aliphatic rings. The maximum absolute atomic E-state index is 16.2. The molecule has 1 saturated heterocycles. The van der Waals surface area contributed by atoms with Crippen molar-refractivity contribution in [3.63, 3.8) is 0 Å². The van der Waals surface area contributed by atoms with Gasteiger partial charge in [0.2, 0.25) is 0 Å². The van der Waals surface area contributed by atoms with Crippen LogP contribution in [0.1, 0.15) is 99.3 Å². The number of hydrogen-bond donors (Lipinski definition) is 0. The van der Waals surface area contributed by atoms with Gasteiger partial charge in [0.15, 0.2) is 5.79 Å². The largest absolute Gasteiger partial charge is 0.348 e.